The van der Waals surface area contributed by atoms with Crippen molar-refractivity contribution >= 4 is 22.3 Å². The number of fused-ring (bicyclic) bond motifs is 1. The number of non-ortho nitro benzene ring substituents is 1. The Balaban J connectivity index is 2.06. The number of aromatic nitrogens is 1. The third kappa shape index (κ3) is 1.87. The fraction of sp³-hybridized carbons (Fsp3) is 0.438. The van der Waals surface area contributed by atoms with Crippen molar-refractivity contribution in [2.75, 3.05) is 5.32 Å². The van der Waals surface area contributed by atoms with Gasteiger partial charge in [-0.3, -0.25) is 15.1 Å². The molecule has 0 radical (unpaired) electrons. The molecule has 1 heterocycles. The van der Waals surface area contributed by atoms with Gasteiger partial charge in [0.25, 0.3) is 5.69 Å². The summed E-state index contributed by atoms with van der Waals surface area (Å²) < 4.78 is 0. The molecular weight excluding hydrogens is 266 g/mol. The molecular formula is C16H19N3O2. The molecule has 0 aliphatic heterocycles. The second kappa shape index (κ2) is 4.16. The Labute approximate surface area is 123 Å². The van der Waals surface area contributed by atoms with Gasteiger partial charge in [-0.25, -0.2) is 0 Å². The van der Waals surface area contributed by atoms with Gasteiger partial charge in [0.2, 0.25) is 0 Å². The average Bonchev–Trinajstić information content (AvgIpc) is 2.81. The topological polar surface area (TPSA) is 68.1 Å². The minimum absolute atomic E-state index is 0.0953. The Kier molecular flexibility index (Phi) is 2.74. The smallest absolute Gasteiger partial charge is 0.278 e. The molecule has 0 spiro atoms. The van der Waals surface area contributed by atoms with E-state index in [4.69, 9.17) is 0 Å². The van der Waals surface area contributed by atoms with Crippen LogP contribution in [0.1, 0.15) is 27.7 Å². The van der Waals surface area contributed by atoms with Crippen LogP contribution in [0.2, 0.25) is 0 Å². The van der Waals surface area contributed by atoms with Crippen molar-refractivity contribution in [1.82, 2.24) is 4.98 Å². The summed E-state index contributed by atoms with van der Waals surface area (Å²) >= 11 is 0. The van der Waals surface area contributed by atoms with E-state index in [-0.39, 0.29) is 21.4 Å². The fourth-order valence-electron chi connectivity index (χ4n) is 3.15. The molecule has 1 aliphatic carbocycles. The van der Waals surface area contributed by atoms with Crippen molar-refractivity contribution in [3.8, 4) is 0 Å². The summed E-state index contributed by atoms with van der Waals surface area (Å²) in [5.74, 6) is 0. The van der Waals surface area contributed by atoms with Crippen molar-refractivity contribution in [1.29, 1.82) is 0 Å². The molecule has 3 rings (SSSR count). The van der Waals surface area contributed by atoms with Crippen LogP contribution in [0.25, 0.3) is 10.9 Å². The summed E-state index contributed by atoms with van der Waals surface area (Å²) in [6, 6.07) is 7.11. The molecule has 1 aromatic heterocycles. The molecule has 1 aromatic carbocycles. The average molecular weight is 285 g/mol. The number of nitrogens with zero attached hydrogens (tertiary/aromatic N) is 2. The molecule has 0 saturated heterocycles. The second-order valence-corrected chi connectivity index (χ2v) is 6.81. The van der Waals surface area contributed by atoms with Gasteiger partial charge in [-0.1, -0.05) is 27.7 Å². The maximum Gasteiger partial charge on any atom is 0.278 e. The molecule has 110 valence electrons. The van der Waals surface area contributed by atoms with E-state index in [1.165, 1.54) is 0 Å². The zero-order valence-corrected chi connectivity index (χ0v) is 12.7. The minimum Gasteiger partial charge on any atom is -0.379 e. The SMILES string of the molecule is CC1(C)C(Nc2ccc([N+](=O)[O-])c3cccnc23)C1(C)C. The van der Waals surface area contributed by atoms with Crippen LogP contribution in [-0.4, -0.2) is 15.9 Å². The van der Waals surface area contributed by atoms with Crippen molar-refractivity contribution in [3.63, 3.8) is 0 Å². The van der Waals surface area contributed by atoms with Gasteiger partial charge in [-0.2, -0.15) is 0 Å². The predicted octanol–water partition coefficient (Wildman–Crippen LogP) is 3.99. The van der Waals surface area contributed by atoms with Crippen molar-refractivity contribution in [2.45, 2.75) is 33.7 Å². The highest BCUT2D eigenvalue weighted by molar-refractivity contribution is 5.96. The summed E-state index contributed by atoms with van der Waals surface area (Å²) in [6.07, 6.45) is 1.67. The van der Waals surface area contributed by atoms with Gasteiger partial charge in [0.15, 0.2) is 0 Å². The Morgan fingerprint density at radius 3 is 2.43 bits per heavy atom. The number of nitro groups is 1. The van der Waals surface area contributed by atoms with Crippen LogP contribution in [0.4, 0.5) is 11.4 Å². The van der Waals surface area contributed by atoms with E-state index in [1.807, 2.05) is 0 Å². The third-order valence-corrected chi connectivity index (χ3v) is 5.26. The van der Waals surface area contributed by atoms with E-state index in [0.29, 0.717) is 16.9 Å². The van der Waals surface area contributed by atoms with Crippen LogP contribution in [0.5, 0.6) is 0 Å². The lowest BCUT2D eigenvalue weighted by atomic mass is 10.0. The molecule has 0 amide bonds. The lowest BCUT2D eigenvalue weighted by molar-refractivity contribution is -0.383. The largest absolute Gasteiger partial charge is 0.379 e. The van der Waals surface area contributed by atoms with E-state index < -0.39 is 0 Å². The second-order valence-electron chi connectivity index (χ2n) is 6.81. The number of hydrogen-bond acceptors (Lipinski definition) is 4. The van der Waals surface area contributed by atoms with Crippen LogP contribution in [0, 0.1) is 20.9 Å². The first-order chi connectivity index (χ1) is 9.76. The summed E-state index contributed by atoms with van der Waals surface area (Å²) in [5.41, 5.74) is 1.99. The number of benzene rings is 1. The van der Waals surface area contributed by atoms with E-state index >= 15 is 0 Å². The molecule has 2 aromatic rings. The zero-order chi connectivity index (χ0) is 15.4. The predicted molar refractivity (Wildman–Crippen MR) is 83.4 cm³/mol. The van der Waals surface area contributed by atoms with Gasteiger partial charge in [0, 0.05) is 18.3 Å². The molecule has 1 aliphatic rings. The van der Waals surface area contributed by atoms with Gasteiger partial charge < -0.3 is 5.32 Å². The summed E-state index contributed by atoms with van der Waals surface area (Å²) in [5, 5.41) is 15.2. The summed E-state index contributed by atoms with van der Waals surface area (Å²) in [4.78, 5) is 15.1. The standard InChI is InChI=1S/C16H19N3O2/c1-15(2)14(16(15,3)4)18-11-7-8-12(19(20)21)10-6-5-9-17-13(10)11/h5-9,14,18H,1-4H3. The Bertz CT molecular complexity index is 723. The zero-order valence-electron chi connectivity index (χ0n) is 12.7. The Hall–Kier alpha value is -2.17. The number of rotatable bonds is 3. The highest BCUT2D eigenvalue weighted by atomic mass is 16.6. The number of pyridine rings is 1. The van der Waals surface area contributed by atoms with Crippen molar-refractivity contribution in [3.05, 3.63) is 40.6 Å². The minimum atomic E-state index is -0.362. The first kappa shape index (κ1) is 13.8. The molecule has 5 nitrogen and oxygen atoms in total. The van der Waals surface area contributed by atoms with E-state index in [9.17, 15) is 10.1 Å². The molecule has 0 bridgehead atoms. The van der Waals surface area contributed by atoms with Gasteiger partial charge in [0.1, 0.15) is 5.52 Å². The number of nitro benzene ring substituents is 1. The highest BCUT2D eigenvalue weighted by Crippen LogP contribution is 2.63. The maximum atomic E-state index is 11.1. The first-order valence-electron chi connectivity index (χ1n) is 7.05. The molecule has 21 heavy (non-hydrogen) atoms. The van der Waals surface area contributed by atoms with Crippen LogP contribution >= 0.6 is 0 Å². The molecule has 1 saturated carbocycles. The molecule has 0 atom stereocenters. The third-order valence-electron chi connectivity index (χ3n) is 5.26. The van der Waals surface area contributed by atoms with Crippen molar-refractivity contribution < 1.29 is 4.92 Å². The summed E-state index contributed by atoms with van der Waals surface area (Å²) in [6.45, 7) is 8.91. The molecule has 1 fully saturated rings. The van der Waals surface area contributed by atoms with Gasteiger partial charge >= 0.3 is 0 Å². The van der Waals surface area contributed by atoms with Crippen molar-refractivity contribution in [2.24, 2.45) is 10.8 Å². The van der Waals surface area contributed by atoms with E-state index in [1.54, 1.807) is 30.5 Å². The van der Waals surface area contributed by atoms with Crippen LogP contribution < -0.4 is 5.32 Å². The van der Waals surface area contributed by atoms with E-state index in [0.717, 1.165) is 5.69 Å². The number of nitrogens with one attached hydrogen (secondary N) is 1. The van der Waals surface area contributed by atoms with Crippen LogP contribution in [-0.2, 0) is 0 Å². The molecule has 5 heteroatoms. The molecule has 0 unspecified atom stereocenters. The van der Waals surface area contributed by atoms with E-state index in [2.05, 4.69) is 38.0 Å². The number of hydrogen-bond donors (Lipinski definition) is 1. The maximum absolute atomic E-state index is 11.1. The Morgan fingerprint density at radius 2 is 1.86 bits per heavy atom. The monoisotopic (exact) mass is 285 g/mol. The highest BCUT2D eigenvalue weighted by Gasteiger charge is 2.65. The van der Waals surface area contributed by atoms with Gasteiger partial charge in [-0.05, 0) is 29.0 Å². The van der Waals surface area contributed by atoms with Crippen LogP contribution in [0.15, 0.2) is 30.5 Å². The lowest BCUT2D eigenvalue weighted by Crippen LogP contribution is -2.10. The number of anilines is 1. The van der Waals surface area contributed by atoms with Gasteiger partial charge in [0.05, 0.1) is 16.0 Å². The summed E-state index contributed by atoms with van der Waals surface area (Å²) in [7, 11) is 0. The van der Waals surface area contributed by atoms with Crippen LogP contribution in [0.3, 0.4) is 0 Å². The Morgan fingerprint density at radius 1 is 1.19 bits per heavy atom. The molecule has 1 N–H and O–H groups in total. The quantitative estimate of drug-likeness (QED) is 0.684. The lowest BCUT2D eigenvalue weighted by Gasteiger charge is -2.11. The fourth-order valence-corrected chi connectivity index (χ4v) is 3.15. The van der Waals surface area contributed by atoms with Gasteiger partial charge in [-0.15, -0.1) is 0 Å². The normalized spacial score (nSPS) is 19.4. The first-order valence-corrected chi connectivity index (χ1v) is 7.05.